The number of piperidine rings is 1. The van der Waals surface area contributed by atoms with Crippen LogP contribution in [0.2, 0.25) is 0 Å². The summed E-state index contributed by atoms with van der Waals surface area (Å²) in [4.78, 5) is 0. The topological polar surface area (TPSA) is 69.6 Å². The van der Waals surface area contributed by atoms with Crippen LogP contribution in [-0.2, 0) is 16.4 Å². The van der Waals surface area contributed by atoms with Gasteiger partial charge in [-0.2, -0.15) is 0 Å². The lowest BCUT2D eigenvalue weighted by Crippen LogP contribution is -2.41. The van der Waals surface area contributed by atoms with Crippen molar-refractivity contribution in [2.75, 3.05) is 25.9 Å². The van der Waals surface area contributed by atoms with Gasteiger partial charge in [0.05, 0.1) is 6.26 Å². The zero-order valence-electron chi connectivity index (χ0n) is 14.0. The monoisotopic (exact) mass is 340 g/mol. The number of phenols is 1. The second-order valence-electron chi connectivity index (χ2n) is 6.62. The second-order valence-corrected chi connectivity index (χ2v) is 8.60. The number of hydrogen-bond acceptors (Lipinski definition) is 4. The van der Waals surface area contributed by atoms with Crippen LogP contribution in [0.5, 0.6) is 5.75 Å². The molecule has 0 saturated carbocycles. The summed E-state index contributed by atoms with van der Waals surface area (Å²) in [5.41, 5.74) is 1.23. The molecule has 1 atom stereocenters. The maximum Gasteiger partial charge on any atom is 0.211 e. The van der Waals surface area contributed by atoms with E-state index < -0.39 is 10.0 Å². The van der Waals surface area contributed by atoms with Crippen LogP contribution in [0, 0.1) is 5.92 Å². The van der Waals surface area contributed by atoms with Gasteiger partial charge >= 0.3 is 0 Å². The van der Waals surface area contributed by atoms with Crippen molar-refractivity contribution in [3.8, 4) is 5.75 Å². The number of aromatic hydroxyl groups is 1. The van der Waals surface area contributed by atoms with E-state index in [-0.39, 0.29) is 0 Å². The van der Waals surface area contributed by atoms with Crippen LogP contribution in [0.4, 0.5) is 0 Å². The average Bonchev–Trinajstić information content (AvgIpc) is 2.52. The van der Waals surface area contributed by atoms with E-state index >= 15 is 0 Å². The Morgan fingerprint density at radius 1 is 1.26 bits per heavy atom. The molecule has 1 aromatic carbocycles. The lowest BCUT2D eigenvalue weighted by atomic mass is 9.97. The zero-order valence-corrected chi connectivity index (χ0v) is 14.8. The fraction of sp³-hybridized carbons (Fsp3) is 0.647. The van der Waals surface area contributed by atoms with Crippen molar-refractivity contribution in [2.45, 2.75) is 38.6 Å². The lowest BCUT2D eigenvalue weighted by Gasteiger charge is -2.31. The number of rotatable bonds is 7. The third-order valence-corrected chi connectivity index (χ3v) is 5.90. The zero-order chi connectivity index (χ0) is 16.9. The number of nitrogens with zero attached hydrogens (tertiary/aromatic N) is 1. The van der Waals surface area contributed by atoms with Gasteiger partial charge in [-0.3, -0.25) is 0 Å². The fourth-order valence-electron chi connectivity index (χ4n) is 2.96. The van der Waals surface area contributed by atoms with Crippen molar-refractivity contribution in [1.82, 2.24) is 9.62 Å². The predicted molar refractivity (Wildman–Crippen MR) is 93.0 cm³/mol. The molecule has 5 nitrogen and oxygen atoms in total. The molecule has 1 fully saturated rings. The van der Waals surface area contributed by atoms with Crippen molar-refractivity contribution in [2.24, 2.45) is 5.92 Å². The summed E-state index contributed by atoms with van der Waals surface area (Å²) in [5, 5.41) is 12.8. The maximum atomic E-state index is 11.5. The van der Waals surface area contributed by atoms with Gasteiger partial charge in [0.1, 0.15) is 5.75 Å². The molecule has 1 aromatic rings. The smallest absolute Gasteiger partial charge is 0.211 e. The SMILES string of the molecule is C[C@H](CCc1ccc(O)cc1)NCC1CCN(S(C)(=O)=O)CC1. The van der Waals surface area contributed by atoms with Gasteiger partial charge in [-0.05, 0) is 62.8 Å². The van der Waals surface area contributed by atoms with E-state index in [1.807, 2.05) is 12.1 Å². The average molecular weight is 340 g/mol. The molecule has 2 rings (SSSR count). The Bertz CT molecular complexity index is 578. The second kappa shape index (κ2) is 8.13. The molecule has 1 heterocycles. The quantitative estimate of drug-likeness (QED) is 0.796. The predicted octanol–water partition coefficient (Wildman–Crippen LogP) is 1.97. The van der Waals surface area contributed by atoms with Gasteiger partial charge in [0, 0.05) is 19.1 Å². The minimum Gasteiger partial charge on any atom is -0.508 e. The summed E-state index contributed by atoms with van der Waals surface area (Å²) in [5.74, 6) is 0.865. The molecule has 0 radical (unpaired) electrons. The lowest BCUT2D eigenvalue weighted by molar-refractivity contribution is 0.262. The van der Waals surface area contributed by atoms with Gasteiger partial charge < -0.3 is 10.4 Å². The van der Waals surface area contributed by atoms with Gasteiger partial charge in [-0.1, -0.05) is 12.1 Å². The molecule has 1 saturated heterocycles. The molecule has 0 aromatic heterocycles. The van der Waals surface area contributed by atoms with E-state index in [1.165, 1.54) is 11.8 Å². The summed E-state index contributed by atoms with van der Waals surface area (Å²) in [6, 6.07) is 7.80. The summed E-state index contributed by atoms with van der Waals surface area (Å²) < 4.78 is 24.6. The van der Waals surface area contributed by atoms with Crippen molar-refractivity contribution >= 4 is 10.0 Å². The van der Waals surface area contributed by atoms with E-state index in [4.69, 9.17) is 0 Å². The Labute approximate surface area is 139 Å². The summed E-state index contributed by atoms with van der Waals surface area (Å²) in [6.07, 6.45) is 5.19. The molecule has 0 amide bonds. The van der Waals surface area contributed by atoms with Gasteiger partial charge in [0.25, 0.3) is 0 Å². The highest BCUT2D eigenvalue weighted by atomic mass is 32.2. The number of nitrogens with one attached hydrogen (secondary N) is 1. The van der Waals surface area contributed by atoms with E-state index in [0.29, 0.717) is 30.8 Å². The normalized spacial score (nSPS) is 18.9. The Hall–Kier alpha value is -1.11. The molecule has 1 aliphatic rings. The first-order chi connectivity index (χ1) is 10.8. The molecule has 23 heavy (non-hydrogen) atoms. The van der Waals surface area contributed by atoms with Gasteiger partial charge in [-0.15, -0.1) is 0 Å². The third kappa shape index (κ3) is 6.12. The van der Waals surface area contributed by atoms with Crippen LogP contribution < -0.4 is 5.32 Å². The summed E-state index contributed by atoms with van der Waals surface area (Å²) in [7, 11) is -3.03. The van der Waals surface area contributed by atoms with Crippen molar-refractivity contribution in [3.05, 3.63) is 29.8 Å². The Balaban J connectivity index is 1.65. The highest BCUT2D eigenvalue weighted by Gasteiger charge is 2.24. The summed E-state index contributed by atoms with van der Waals surface area (Å²) in [6.45, 7) is 4.43. The number of phenolic OH excluding ortho intramolecular Hbond substituents is 1. The molecule has 0 aliphatic carbocycles. The molecule has 0 unspecified atom stereocenters. The fourth-order valence-corrected chi connectivity index (χ4v) is 3.83. The van der Waals surface area contributed by atoms with E-state index in [9.17, 15) is 13.5 Å². The van der Waals surface area contributed by atoms with E-state index in [0.717, 1.165) is 32.2 Å². The molecule has 130 valence electrons. The molecule has 6 heteroatoms. The molecule has 0 spiro atoms. The van der Waals surface area contributed by atoms with E-state index in [2.05, 4.69) is 12.2 Å². The number of benzene rings is 1. The molecule has 1 aliphatic heterocycles. The first-order valence-electron chi connectivity index (χ1n) is 8.31. The molecule has 0 bridgehead atoms. The first-order valence-corrected chi connectivity index (χ1v) is 10.2. The maximum absolute atomic E-state index is 11.5. The molecular weight excluding hydrogens is 312 g/mol. The minimum absolute atomic E-state index is 0.306. The molecule has 2 N–H and O–H groups in total. The Morgan fingerprint density at radius 2 is 1.87 bits per heavy atom. The van der Waals surface area contributed by atoms with E-state index in [1.54, 1.807) is 16.4 Å². The van der Waals surface area contributed by atoms with Crippen LogP contribution in [-0.4, -0.2) is 49.8 Å². The Morgan fingerprint density at radius 3 is 2.43 bits per heavy atom. The van der Waals surface area contributed by atoms with Crippen molar-refractivity contribution < 1.29 is 13.5 Å². The van der Waals surface area contributed by atoms with Gasteiger partial charge in [0.15, 0.2) is 0 Å². The van der Waals surface area contributed by atoms with Gasteiger partial charge in [0.2, 0.25) is 10.0 Å². The third-order valence-electron chi connectivity index (χ3n) is 4.60. The standard InChI is InChI=1S/C17H28N2O3S/c1-14(3-4-15-5-7-17(20)8-6-15)18-13-16-9-11-19(12-10-16)23(2,21)22/h5-8,14,16,18,20H,3-4,9-13H2,1-2H3/t14-/m1/s1. The van der Waals surface area contributed by atoms with Crippen molar-refractivity contribution in [3.63, 3.8) is 0 Å². The molecular formula is C17H28N2O3S. The highest BCUT2D eigenvalue weighted by molar-refractivity contribution is 7.88. The number of hydrogen-bond donors (Lipinski definition) is 2. The van der Waals surface area contributed by atoms with Crippen LogP contribution in [0.25, 0.3) is 0 Å². The highest BCUT2D eigenvalue weighted by Crippen LogP contribution is 2.19. The van der Waals surface area contributed by atoms with Gasteiger partial charge in [-0.25, -0.2) is 12.7 Å². The van der Waals surface area contributed by atoms with Crippen LogP contribution in [0.15, 0.2) is 24.3 Å². The first kappa shape index (κ1) is 18.2. The van der Waals surface area contributed by atoms with Crippen LogP contribution >= 0.6 is 0 Å². The number of aryl methyl sites for hydroxylation is 1. The van der Waals surface area contributed by atoms with Crippen LogP contribution in [0.1, 0.15) is 31.7 Å². The Kier molecular flexibility index (Phi) is 6.44. The minimum atomic E-state index is -3.03. The van der Waals surface area contributed by atoms with Crippen molar-refractivity contribution in [1.29, 1.82) is 0 Å². The summed E-state index contributed by atoms with van der Waals surface area (Å²) >= 11 is 0. The largest absolute Gasteiger partial charge is 0.508 e. The van der Waals surface area contributed by atoms with Crippen LogP contribution in [0.3, 0.4) is 0 Å². The number of sulfonamides is 1.